The van der Waals surface area contributed by atoms with Crippen LogP contribution in [0.25, 0.3) is 0 Å². The second kappa shape index (κ2) is 8.42. The summed E-state index contributed by atoms with van der Waals surface area (Å²) < 4.78 is 55.2. The molecule has 3 rings (SSSR count). The van der Waals surface area contributed by atoms with E-state index >= 15 is 0 Å². The maximum atomic E-state index is 13.1. The molecule has 0 bridgehead atoms. The minimum Gasteiger partial charge on any atom is -0.207 e. The first kappa shape index (κ1) is 21.7. The molecule has 1 aliphatic carbocycles. The van der Waals surface area contributed by atoms with E-state index in [4.69, 9.17) is 0 Å². The van der Waals surface area contributed by atoms with Crippen molar-refractivity contribution < 1.29 is 16.8 Å². The number of benzene rings is 1. The highest BCUT2D eigenvalue weighted by Crippen LogP contribution is 2.31. The highest BCUT2D eigenvalue weighted by atomic mass is 32.2. The second-order valence-electron chi connectivity index (χ2n) is 8.25. The van der Waals surface area contributed by atoms with Crippen molar-refractivity contribution in [2.24, 2.45) is 0 Å². The van der Waals surface area contributed by atoms with E-state index in [0.29, 0.717) is 0 Å². The Hall–Kier alpha value is -0.960. The molecule has 1 aromatic carbocycles. The van der Waals surface area contributed by atoms with Gasteiger partial charge in [0, 0.05) is 25.2 Å². The van der Waals surface area contributed by atoms with E-state index in [2.05, 4.69) is 0 Å². The highest BCUT2D eigenvalue weighted by Gasteiger charge is 2.36. The Morgan fingerprint density at radius 2 is 1.29 bits per heavy atom. The second-order valence-corrected chi connectivity index (χ2v) is 12.1. The molecule has 0 amide bonds. The third kappa shape index (κ3) is 4.15. The smallest absolute Gasteiger partial charge is 0.207 e. The number of sulfonamides is 2. The summed E-state index contributed by atoms with van der Waals surface area (Å²) in [6.07, 6.45) is 7.75. The molecule has 1 heterocycles. The van der Waals surface area contributed by atoms with Crippen molar-refractivity contribution in [3.8, 4) is 0 Å². The molecule has 2 aliphatic rings. The first-order valence-electron chi connectivity index (χ1n) is 10.3. The maximum Gasteiger partial charge on any atom is 0.243 e. The molecule has 0 unspecified atom stereocenters. The van der Waals surface area contributed by atoms with Gasteiger partial charge in [0.2, 0.25) is 20.0 Å². The molecular formula is C20H32N2O4S2. The Bertz CT molecular complexity index is 865. The molecule has 28 heavy (non-hydrogen) atoms. The maximum absolute atomic E-state index is 13.1. The van der Waals surface area contributed by atoms with Crippen molar-refractivity contribution in [1.29, 1.82) is 0 Å². The standard InChI is InChI=1S/C20H32N2O4S2/c1-16-8-7-9-17(2)22(16)28(25,26)20-14-12-19(13-15-20)27(23,24)21(3)18-10-5-4-6-11-18/h12-18H,4-11H2,1-3H3/t16-,17+. The monoisotopic (exact) mass is 428 g/mol. The molecule has 2 atom stereocenters. The summed E-state index contributed by atoms with van der Waals surface area (Å²) in [5.41, 5.74) is 0. The van der Waals surface area contributed by atoms with E-state index in [0.717, 1.165) is 51.4 Å². The van der Waals surface area contributed by atoms with Crippen LogP contribution >= 0.6 is 0 Å². The van der Waals surface area contributed by atoms with Gasteiger partial charge in [0.25, 0.3) is 0 Å². The minimum absolute atomic E-state index is 0.0252. The highest BCUT2D eigenvalue weighted by molar-refractivity contribution is 7.89. The normalized spacial score (nSPS) is 25.9. The van der Waals surface area contributed by atoms with Gasteiger partial charge >= 0.3 is 0 Å². The quantitative estimate of drug-likeness (QED) is 0.718. The topological polar surface area (TPSA) is 74.8 Å². The van der Waals surface area contributed by atoms with E-state index < -0.39 is 20.0 Å². The van der Waals surface area contributed by atoms with Gasteiger partial charge in [-0.15, -0.1) is 0 Å². The van der Waals surface area contributed by atoms with Gasteiger partial charge in [-0.3, -0.25) is 0 Å². The third-order valence-corrected chi connectivity index (χ3v) is 10.3. The van der Waals surface area contributed by atoms with Gasteiger partial charge < -0.3 is 0 Å². The van der Waals surface area contributed by atoms with Crippen LogP contribution in [0.4, 0.5) is 0 Å². The van der Waals surface area contributed by atoms with Crippen LogP contribution in [0, 0.1) is 0 Å². The van der Waals surface area contributed by atoms with E-state index in [1.165, 1.54) is 28.6 Å². The van der Waals surface area contributed by atoms with Gasteiger partial charge in [-0.1, -0.05) is 25.7 Å². The lowest BCUT2D eigenvalue weighted by Gasteiger charge is -2.37. The first-order valence-corrected chi connectivity index (χ1v) is 13.2. The zero-order valence-electron chi connectivity index (χ0n) is 17.0. The van der Waals surface area contributed by atoms with Crippen LogP contribution in [0.1, 0.15) is 65.2 Å². The van der Waals surface area contributed by atoms with Crippen molar-refractivity contribution in [2.45, 2.75) is 93.1 Å². The predicted molar refractivity (Wildman–Crippen MR) is 110 cm³/mol. The Kier molecular flexibility index (Phi) is 6.54. The summed E-state index contributed by atoms with van der Waals surface area (Å²) in [7, 11) is -5.63. The largest absolute Gasteiger partial charge is 0.243 e. The lowest BCUT2D eigenvalue weighted by atomic mass is 9.96. The third-order valence-electron chi connectivity index (χ3n) is 6.28. The van der Waals surface area contributed by atoms with Crippen molar-refractivity contribution in [3.05, 3.63) is 24.3 Å². The van der Waals surface area contributed by atoms with E-state index in [9.17, 15) is 16.8 Å². The van der Waals surface area contributed by atoms with Crippen molar-refractivity contribution in [2.75, 3.05) is 7.05 Å². The lowest BCUT2D eigenvalue weighted by Crippen LogP contribution is -2.47. The van der Waals surface area contributed by atoms with Crippen LogP contribution in [0.3, 0.4) is 0 Å². The molecule has 2 fully saturated rings. The Labute approximate surface area is 170 Å². The van der Waals surface area contributed by atoms with Gasteiger partial charge in [0.05, 0.1) is 9.79 Å². The molecule has 1 aliphatic heterocycles. The molecule has 0 aromatic heterocycles. The number of hydrogen-bond donors (Lipinski definition) is 0. The predicted octanol–water partition coefficient (Wildman–Crippen LogP) is 3.59. The molecule has 6 nitrogen and oxygen atoms in total. The Morgan fingerprint density at radius 3 is 1.82 bits per heavy atom. The van der Waals surface area contributed by atoms with Crippen LogP contribution in [0.2, 0.25) is 0 Å². The molecule has 8 heteroatoms. The fourth-order valence-electron chi connectivity index (χ4n) is 4.58. The van der Waals surface area contributed by atoms with Crippen molar-refractivity contribution >= 4 is 20.0 Å². The Morgan fingerprint density at radius 1 is 0.786 bits per heavy atom. The minimum atomic E-state index is -3.64. The zero-order chi connectivity index (χ0) is 20.5. The van der Waals surface area contributed by atoms with Crippen LogP contribution in [-0.2, 0) is 20.0 Å². The van der Waals surface area contributed by atoms with Crippen LogP contribution < -0.4 is 0 Å². The molecule has 158 valence electrons. The van der Waals surface area contributed by atoms with E-state index in [-0.39, 0.29) is 27.9 Å². The van der Waals surface area contributed by atoms with E-state index in [1.54, 1.807) is 11.4 Å². The molecule has 0 spiro atoms. The number of nitrogens with zero attached hydrogens (tertiary/aromatic N) is 2. The zero-order valence-corrected chi connectivity index (χ0v) is 18.7. The summed E-state index contributed by atoms with van der Waals surface area (Å²) in [6, 6.07) is 5.67. The van der Waals surface area contributed by atoms with Crippen molar-refractivity contribution in [3.63, 3.8) is 0 Å². The van der Waals surface area contributed by atoms with Crippen LogP contribution in [0.5, 0.6) is 0 Å². The summed E-state index contributed by atoms with van der Waals surface area (Å²) in [5.74, 6) is 0. The fourth-order valence-corrected chi connectivity index (χ4v) is 7.88. The van der Waals surface area contributed by atoms with Crippen LogP contribution in [0.15, 0.2) is 34.1 Å². The molecule has 0 N–H and O–H groups in total. The SMILES string of the molecule is C[C@@H]1CCC[C@H](C)N1S(=O)(=O)c1ccc(S(=O)(=O)N(C)C2CCCCC2)cc1. The Balaban J connectivity index is 1.84. The van der Waals surface area contributed by atoms with Gasteiger partial charge in [0.15, 0.2) is 0 Å². The fraction of sp³-hybridized carbons (Fsp3) is 0.700. The summed E-state index contributed by atoms with van der Waals surface area (Å²) in [4.78, 5) is 0.312. The van der Waals surface area contributed by atoms with Gasteiger partial charge in [-0.25, -0.2) is 16.8 Å². The van der Waals surface area contributed by atoms with Gasteiger partial charge in [0.1, 0.15) is 0 Å². The molecule has 1 saturated heterocycles. The summed E-state index contributed by atoms with van der Waals surface area (Å²) >= 11 is 0. The van der Waals surface area contributed by atoms with Crippen LogP contribution in [-0.4, -0.2) is 50.6 Å². The number of piperidine rings is 1. The first-order chi connectivity index (χ1) is 13.2. The van der Waals surface area contributed by atoms with Gasteiger partial charge in [-0.05, 0) is 63.8 Å². The van der Waals surface area contributed by atoms with Crippen molar-refractivity contribution in [1.82, 2.24) is 8.61 Å². The molecule has 1 aromatic rings. The molecule has 0 radical (unpaired) electrons. The van der Waals surface area contributed by atoms with Gasteiger partial charge in [-0.2, -0.15) is 8.61 Å². The molecule has 1 saturated carbocycles. The number of hydrogen-bond acceptors (Lipinski definition) is 4. The van der Waals surface area contributed by atoms with E-state index in [1.807, 2.05) is 13.8 Å². The molecular weight excluding hydrogens is 396 g/mol. The summed E-state index contributed by atoms with van der Waals surface area (Å²) in [6.45, 7) is 3.87. The lowest BCUT2D eigenvalue weighted by molar-refractivity contribution is 0.204. The average molecular weight is 429 g/mol. The average Bonchev–Trinajstić information content (AvgIpc) is 2.68. The number of rotatable bonds is 5. The summed E-state index contributed by atoms with van der Waals surface area (Å²) in [5, 5.41) is 0.